The first-order valence-corrected chi connectivity index (χ1v) is 5.18. The van der Waals surface area contributed by atoms with E-state index >= 15 is 0 Å². The van der Waals surface area contributed by atoms with Gasteiger partial charge in [0, 0.05) is 13.0 Å². The maximum Gasteiger partial charge on any atom is 0.118 e. The van der Waals surface area contributed by atoms with E-state index < -0.39 is 0 Å². The van der Waals surface area contributed by atoms with E-state index in [-0.39, 0.29) is 0 Å². The number of aliphatic imine (C=N–C) groups is 1. The summed E-state index contributed by atoms with van der Waals surface area (Å²) in [5.74, 6) is 1.61. The number of nitrogens with zero attached hydrogens (tertiary/aromatic N) is 1. The lowest BCUT2D eigenvalue weighted by Crippen LogP contribution is -2.10. The topological polar surface area (TPSA) is 47.6 Å². The molecule has 0 spiro atoms. The molecule has 0 atom stereocenters. The van der Waals surface area contributed by atoms with Crippen molar-refractivity contribution >= 4 is 5.84 Å². The fourth-order valence-electron chi connectivity index (χ4n) is 1.23. The summed E-state index contributed by atoms with van der Waals surface area (Å²) in [6.45, 7) is 2.76. The van der Waals surface area contributed by atoms with E-state index in [1.54, 1.807) is 7.11 Å². The monoisotopic (exact) mass is 206 g/mol. The van der Waals surface area contributed by atoms with E-state index in [1.807, 2.05) is 19.1 Å². The summed E-state index contributed by atoms with van der Waals surface area (Å²) in [7, 11) is 1.67. The third-order valence-corrected chi connectivity index (χ3v) is 2.24. The normalized spacial score (nSPS) is 11.5. The quantitative estimate of drug-likeness (QED) is 0.591. The summed E-state index contributed by atoms with van der Waals surface area (Å²) in [5, 5.41) is 0. The number of hydrogen-bond donors (Lipinski definition) is 1. The molecule has 1 aromatic rings. The van der Waals surface area contributed by atoms with Crippen molar-refractivity contribution in [2.24, 2.45) is 10.7 Å². The smallest absolute Gasteiger partial charge is 0.118 e. The minimum Gasteiger partial charge on any atom is -0.497 e. The highest BCUT2D eigenvalue weighted by atomic mass is 16.5. The van der Waals surface area contributed by atoms with Crippen LogP contribution in [-0.2, 0) is 6.42 Å². The van der Waals surface area contributed by atoms with Crippen molar-refractivity contribution in [3.05, 3.63) is 29.8 Å². The van der Waals surface area contributed by atoms with Gasteiger partial charge in [0.25, 0.3) is 0 Å². The van der Waals surface area contributed by atoms with Crippen LogP contribution >= 0.6 is 0 Å². The van der Waals surface area contributed by atoms with E-state index in [4.69, 9.17) is 10.5 Å². The third kappa shape index (κ3) is 4.02. The van der Waals surface area contributed by atoms with Gasteiger partial charge in [-0.15, -0.1) is 0 Å². The van der Waals surface area contributed by atoms with Gasteiger partial charge in [0.05, 0.1) is 12.9 Å². The molecular weight excluding hydrogens is 188 g/mol. The van der Waals surface area contributed by atoms with Gasteiger partial charge in [-0.2, -0.15) is 0 Å². The van der Waals surface area contributed by atoms with Gasteiger partial charge in [0.15, 0.2) is 0 Å². The van der Waals surface area contributed by atoms with Crippen LogP contribution in [0.2, 0.25) is 0 Å². The van der Waals surface area contributed by atoms with E-state index in [0.29, 0.717) is 0 Å². The van der Waals surface area contributed by atoms with E-state index in [9.17, 15) is 0 Å². The fraction of sp³-hybridized carbons (Fsp3) is 0.417. The molecule has 0 unspecified atom stereocenters. The Kier molecular flexibility index (Phi) is 4.68. The molecule has 1 rings (SSSR count). The number of rotatable bonds is 5. The largest absolute Gasteiger partial charge is 0.497 e. The van der Waals surface area contributed by atoms with Gasteiger partial charge >= 0.3 is 0 Å². The Labute approximate surface area is 91.0 Å². The van der Waals surface area contributed by atoms with E-state index in [2.05, 4.69) is 17.1 Å². The van der Waals surface area contributed by atoms with E-state index in [1.165, 1.54) is 5.56 Å². The number of benzene rings is 1. The van der Waals surface area contributed by atoms with Crippen LogP contribution in [-0.4, -0.2) is 19.5 Å². The second-order valence-electron chi connectivity index (χ2n) is 3.32. The summed E-state index contributed by atoms with van der Waals surface area (Å²) in [6, 6.07) is 8.03. The molecule has 0 saturated heterocycles. The lowest BCUT2D eigenvalue weighted by atomic mass is 10.1. The standard InChI is InChI=1S/C12H18N2O/c1-3-12(13)14-9-8-10-4-6-11(15-2)7-5-10/h4-7H,3,8-9H2,1-2H3,(H2,13,14). The minimum atomic E-state index is 0.725. The summed E-state index contributed by atoms with van der Waals surface area (Å²) in [6.07, 6.45) is 1.74. The fourth-order valence-corrected chi connectivity index (χ4v) is 1.23. The number of ether oxygens (including phenoxy) is 1. The van der Waals surface area contributed by atoms with Gasteiger partial charge in [-0.3, -0.25) is 4.99 Å². The SMILES string of the molecule is CCC(N)=NCCc1ccc(OC)cc1. The van der Waals surface area contributed by atoms with Crippen molar-refractivity contribution in [2.45, 2.75) is 19.8 Å². The molecule has 0 saturated carbocycles. The van der Waals surface area contributed by atoms with Gasteiger partial charge in [0.2, 0.25) is 0 Å². The van der Waals surface area contributed by atoms with Crippen LogP contribution < -0.4 is 10.5 Å². The molecule has 1 aromatic carbocycles. The van der Waals surface area contributed by atoms with Crippen molar-refractivity contribution in [3.8, 4) is 5.75 Å². The van der Waals surface area contributed by atoms with Gasteiger partial charge in [-0.25, -0.2) is 0 Å². The van der Waals surface area contributed by atoms with Crippen LogP contribution in [0.25, 0.3) is 0 Å². The Morgan fingerprint density at radius 2 is 2.00 bits per heavy atom. The first-order chi connectivity index (χ1) is 7.26. The predicted octanol–water partition coefficient (Wildman–Crippen LogP) is 2.00. The Morgan fingerprint density at radius 3 is 2.53 bits per heavy atom. The molecular formula is C12H18N2O. The van der Waals surface area contributed by atoms with Crippen LogP contribution in [0.1, 0.15) is 18.9 Å². The first-order valence-electron chi connectivity index (χ1n) is 5.18. The minimum absolute atomic E-state index is 0.725. The Bertz CT molecular complexity index is 317. The Balaban J connectivity index is 2.44. The predicted molar refractivity (Wildman–Crippen MR) is 63.5 cm³/mol. The molecule has 0 aliphatic rings. The highest BCUT2D eigenvalue weighted by molar-refractivity contribution is 5.79. The molecule has 3 nitrogen and oxygen atoms in total. The number of methoxy groups -OCH3 is 1. The number of hydrogen-bond acceptors (Lipinski definition) is 2. The average Bonchev–Trinajstić information content (AvgIpc) is 2.29. The summed E-state index contributed by atoms with van der Waals surface area (Å²) >= 11 is 0. The second kappa shape index (κ2) is 6.06. The van der Waals surface area contributed by atoms with Crippen LogP contribution in [0.15, 0.2) is 29.3 Å². The molecule has 0 fully saturated rings. The highest BCUT2D eigenvalue weighted by Crippen LogP contribution is 2.11. The number of nitrogens with two attached hydrogens (primary N) is 1. The van der Waals surface area contributed by atoms with Crippen molar-refractivity contribution < 1.29 is 4.74 Å². The van der Waals surface area contributed by atoms with Crippen LogP contribution in [0, 0.1) is 0 Å². The van der Waals surface area contributed by atoms with Crippen LogP contribution in [0.5, 0.6) is 5.75 Å². The Hall–Kier alpha value is -1.51. The molecule has 82 valence electrons. The van der Waals surface area contributed by atoms with Gasteiger partial charge < -0.3 is 10.5 Å². The molecule has 0 aromatic heterocycles. The summed E-state index contributed by atoms with van der Waals surface area (Å²) in [5.41, 5.74) is 6.87. The second-order valence-corrected chi connectivity index (χ2v) is 3.32. The van der Waals surface area contributed by atoms with E-state index in [0.717, 1.165) is 31.0 Å². The van der Waals surface area contributed by atoms with Crippen molar-refractivity contribution in [2.75, 3.05) is 13.7 Å². The number of amidine groups is 1. The zero-order valence-electron chi connectivity index (χ0n) is 9.36. The lowest BCUT2D eigenvalue weighted by molar-refractivity contribution is 0.414. The molecule has 0 aliphatic carbocycles. The summed E-state index contributed by atoms with van der Waals surface area (Å²) in [4.78, 5) is 4.24. The maximum atomic E-state index is 5.61. The van der Waals surface area contributed by atoms with Crippen LogP contribution in [0.3, 0.4) is 0 Å². The van der Waals surface area contributed by atoms with Gasteiger partial charge in [0.1, 0.15) is 5.75 Å². The van der Waals surface area contributed by atoms with Crippen molar-refractivity contribution in [1.82, 2.24) is 0 Å². The van der Waals surface area contributed by atoms with Crippen LogP contribution in [0.4, 0.5) is 0 Å². The molecule has 0 amide bonds. The van der Waals surface area contributed by atoms with Crippen molar-refractivity contribution in [1.29, 1.82) is 0 Å². The Morgan fingerprint density at radius 1 is 1.33 bits per heavy atom. The molecule has 15 heavy (non-hydrogen) atoms. The maximum absolute atomic E-state index is 5.61. The van der Waals surface area contributed by atoms with Gasteiger partial charge in [-0.05, 0) is 24.1 Å². The van der Waals surface area contributed by atoms with Crippen molar-refractivity contribution in [3.63, 3.8) is 0 Å². The average molecular weight is 206 g/mol. The molecule has 2 N–H and O–H groups in total. The highest BCUT2D eigenvalue weighted by Gasteiger charge is 1.94. The molecule has 0 heterocycles. The molecule has 3 heteroatoms. The zero-order chi connectivity index (χ0) is 11.1. The summed E-state index contributed by atoms with van der Waals surface area (Å²) < 4.78 is 5.08. The van der Waals surface area contributed by atoms with Gasteiger partial charge in [-0.1, -0.05) is 19.1 Å². The zero-order valence-corrected chi connectivity index (χ0v) is 9.36. The molecule has 0 radical (unpaired) electrons. The third-order valence-electron chi connectivity index (χ3n) is 2.24. The molecule has 0 aliphatic heterocycles. The first kappa shape index (κ1) is 11.6. The lowest BCUT2D eigenvalue weighted by Gasteiger charge is -2.02. The molecule has 0 bridgehead atoms.